The fourth-order valence-electron chi connectivity index (χ4n) is 2.09. The first-order chi connectivity index (χ1) is 8.59. The smallest absolute Gasteiger partial charge is 0.246 e. The average molecular weight is 249 g/mol. The maximum absolute atomic E-state index is 12.2. The van der Waals surface area contributed by atoms with Gasteiger partial charge in [-0.1, -0.05) is 0 Å². The molecule has 1 atom stereocenters. The molecule has 1 aromatic rings. The van der Waals surface area contributed by atoms with Crippen LogP contribution in [0.3, 0.4) is 0 Å². The van der Waals surface area contributed by atoms with Crippen LogP contribution in [0.5, 0.6) is 0 Å². The second-order valence-electron chi connectivity index (χ2n) is 4.74. The number of nitrogens with zero attached hydrogens (tertiary/aromatic N) is 4. The molecular formula is C12H19N5O. The number of anilines is 1. The van der Waals surface area contributed by atoms with E-state index in [1.807, 2.05) is 17.9 Å². The summed E-state index contributed by atoms with van der Waals surface area (Å²) in [5, 5.41) is 11.3. The van der Waals surface area contributed by atoms with E-state index in [0.29, 0.717) is 6.54 Å². The van der Waals surface area contributed by atoms with Gasteiger partial charge in [0, 0.05) is 33.7 Å². The molecule has 0 radical (unpaired) electrons. The lowest BCUT2D eigenvalue weighted by Crippen LogP contribution is -2.58. The minimum absolute atomic E-state index is 0.0884. The molecule has 1 aliphatic heterocycles. The Morgan fingerprint density at radius 3 is 3.00 bits per heavy atom. The van der Waals surface area contributed by atoms with E-state index in [4.69, 9.17) is 0 Å². The lowest BCUT2D eigenvalue weighted by molar-refractivity contribution is -0.130. The van der Waals surface area contributed by atoms with Gasteiger partial charge in [0.15, 0.2) is 5.82 Å². The van der Waals surface area contributed by atoms with Gasteiger partial charge in [0.1, 0.15) is 6.04 Å². The van der Waals surface area contributed by atoms with Crippen molar-refractivity contribution in [1.29, 1.82) is 0 Å². The van der Waals surface area contributed by atoms with Crippen molar-refractivity contribution < 1.29 is 4.79 Å². The van der Waals surface area contributed by atoms with Gasteiger partial charge in [0.05, 0.1) is 6.20 Å². The van der Waals surface area contributed by atoms with Gasteiger partial charge in [-0.25, -0.2) is 0 Å². The van der Waals surface area contributed by atoms with E-state index in [1.54, 1.807) is 25.2 Å². The van der Waals surface area contributed by atoms with Crippen molar-refractivity contribution in [1.82, 2.24) is 20.4 Å². The Labute approximate surface area is 107 Å². The van der Waals surface area contributed by atoms with Gasteiger partial charge in [-0.2, -0.15) is 5.10 Å². The number of piperazine rings is 1. The predicted octanol–water partition coefficient (Wildman–Crippen LogP) is -0.349. The summed E-state index contributed by atoms with van der Waals surface area (Å²) in [5.41, 5.74) is 1.05. The molecule has 0 bridgehead atoms. The molecule has 2 heterocycles. The Kier molecular flexibility index (Phi) is 3.76. The molecule has 1 unspecified atom stereocenters. The van der Waals surface area contributed by atoms with Gasteiger partial charge in [0.25, 0.3) is 0 Å². The van der Waals surface area contributed by atoms with Gasteiger partial charge >= 0.3 is 0 Å². The van der Waals surface area contributed by atoms with E-state index < -0.39 is 0 Å². The Balaban J connectivity index is 2.25. The fourth-order valence-corrected chi connectivity index (χ4v) is 2.09. The van der Waals surface area contributed by atoms with Crippen molar-refractivity contribution in [3.63, 3.8) is 0 Å². The number of carbonyl (C=O) groups excluding carboxylic acids is 1. The summed E-state index contributed by atoms with van der Waals surface area (Å²) in [4.78, 5) is 15.8. The maximum atomic E-state index is 12.2. The van der Waals surface area contributed by atoms with E-state index in [-0.39, 0.29) is 11.9 Å². The summed E-state index contributed by atoms with van der Waals surface area (Å²) in [7, 11) is 3.55. The van der Waals surface area contributed by atoms with E-state index in [1.165, 1.54) is 0 Å². The van der Waals surface area contributed by atoms with E-state index >= 15 is 0 Å². The molecule has 98 valence electrons. The van der Waals surface area contributed by atoms with Crippen LogP contribution < -0.4 is 10.2 Å². The number of nitrogens with one attached hydrogen (secondary N) is 1. The molecule has 0 saturated carbocycles. The van der Waals surface area contributed by atoms with Crippen LogP contribution in [0.2, 0.25) is 0 Å². The van der Waals surface area contributed by atoms with Crippen LogP contribution in [-0.4, -0.2) is 60.8 Å². The third-order valence-corrected chi connectivity index (χ3v) is 3.04. The zero-order chi connectivity index (χ0) is 13.1. The van der Waals surface area contributed by atoms with Crippen LogP contribution in [-0.2, 0) is 4.79 Å². The highest BCUT2D eigenvalue weighted by Crippen LogP contribution is 2.16. The third kappa shape index (κ3) is 2.59. The van der Waals surface area contributed by atoms with E-state index in [9.17, 15) is 4.79 Å². The number of aryl methyl sites for hydroxylation is 1. The molecule has 1 saturated heterocycles. The topological polar surface area (TPSA) is 61.4 Å². The number of carbonyl (C=O) groups is 1. The zero-order valence-electron chi connectivity index (χ0n) is 11.1. The molecule has 0 aliphatic carbocycles. The Bertz CT molecular complexity index is 434. The van der Waals surface area contributed by atoms with Crippen molar-refractivity contribution in [2.75, 3.05) is 38.6 Å². The summed E-state index contributed by atoms with van der Waals surface area (Å²) < 4.78 is 0. The van der Waals surface area contributed by atoms with Crippen molar-refractivity contribution in [3.8, 4) is 0 Å². The third-order valence-electron chi connectivity index (χ3n) is 3.04. The Hall–Kier alpha value is -1.69. The standard InChI is InChI=1S/C12H19N5O/c1-9-6-11(15-14-7-9)17-5-4-13-8-10(17)12(18)16(2)3/h6-7,10,13H,4-5,8H2,1-3H3. The van der Waals surface area contributed by atoms with E-state index in [2.05, 4.69) is 15.5 Å². The van der Waals surface area contributed by atoms with Crippen molar-refractivity contribution in [2.45, 2.75) is 13.0 Å². The first-order valence-electron chi connectivity index (χ1n) is 6.07. The lowest BCUT2D eigenvalue weighted by Gasteiger charge is -2.37. The second kappa shape index (κ2) is 5.30. The van der Waals surface area contributed by atoms with Gasteiger partial charge in [-0.05, 0) is 18.6 Å². The van der Waals surface area contributed by atoms with Crippen molar-refractivity contribution in [3.05, 3.63) is 17.8 Å². The zero-order valence-corrected chi connectivity index (χ0v) is 11.1. The molecule has 1 aliphatic rings. The first kappa shape index (κ1) is 12.8. The SMILES string of the molecule is Cc1cnnc(N2CCNCC2C(=O)N(C)C)c1. The highest BCUT2D eigenvalue weighted by molar-refractivity contribution is 5.85. The molecule has 18 heavy (non-hydrogen) atoms. The minimum atomic E-state index is -0.204. The maximum Gasteiger partial charge on any atom is 0.246 e. The number of rotatable bonds is 2. The number of likely N-dealkylation sites (N-methyl/N-ethyl adjacent to an activating group) is 1. The highest BCUT2D eigenvalue weighted by Gasteiger charge is 2.30. The van der Waals surface area contributed by atoms with Crippen LogP contribution in [0.4, 0.5) is 5.82 Å². The summed E-state index contributed by atoms with van der Waals surface area (Å²) in [6.07, 6.45) is 1.72. The first-order valence-corrected chi connectivity index (χ1v) is 6.07. The molecule has 2 rings (SSSR count). The number of aromatic nitrogens is 2. The van der Waals surface area contributed by atoms with Crippen LogP contribution in [0.1, 0.15) is 5.56 Å². The van der Waals surface area contributed by atoms with Crippen LogP contribution in [0.15, 0.2) is 12.3 Å². The molecule has 1 amide bonds. The summed E-state index contributed by atoms with van der Waals surface area (Å²) in [6, 6.07) is 1.76. The largest absolute Gasteiger partial charge is 0.347 e. The molecule has 0 spiro atoms. The molecule has 1 aromatic heterocycles. The summed E-state index contributed by atoms with van der Waals surface area (Å²) in [5.74, 6) is 0.863. The minimum Gasteiger partial charge on any atom is -0.347 e. The van der Waals surface area contributed by atoms with Crippen LogP contribution in [0, 0.1) is 6.92 Å². The van der Waals surface area contributed by atoms with Gasteiger partial charge in [-0.15, -0.1) is 5.10 Å². The van der Waals surface area contributed by atoms with Gasteiger partial charge in [0.2, 0.25) is 5.91 Å². The number of hydrogen-bond acceptors (Lipinski definition) is 5. The summed E-state index contributed by atoms with van der Waals surface area (Å²) in [6.45, 7) is 4.24. The van der Waals surface area contributed by atoms with Crippen LogP contribution >= 0.6 is 0 Å². The van der Waals surface area contributed by atoms with Crippen molar-refractivity contribution >= 4 is 11.7 Å². The highest BCUT2D eigenvalue weighted by atomic mass is 16.2. The lowest BCUT2D eigenvalue weighted by atomic mass is 10.1. The monoisotopic (exact) mass is 249 g/mol. The molecule has 0 aromatic carbocycles. The molecule has 1 fully saturated rings. The van der Waals surface area contributed by atoms with Crippen molar-refractivity contribution in [2.24, 2.45) is 0 Å². The molecule has 1 N–H and O–H groups in total. The predicted molar refractivity (Wildman–Crippen MR) is 69.5 cm³/mol. The Morgan fingerprint density at radius 1 is 1.56 bits per heavy atom. The number of amides is 1. The molecule has 6 nitrogen and oxygen atoms in total. The van der Waals surface area contributed by atoms with Gasteiger partial charge < -0.3 is 15.1 Å². The normalized spacial score (nSPS) is 19.7. The fraction of sp³-hybridized carbons (Fsp3) is 0.583. The quantitative estimate of drug-likeness (QED) is 0.776. The average Bonchev–Trinajstić information content (AvgIpc) is 2.38. The number of hydrogen-bond donors (Lipinski definition) is 1. The molecular weight excluding hydrogens is 230 g/mol. The molecule has 6 heteroatoms. The van der Waals surface area contributed by atoms with Gasteiger partial charge in [-0.3, -0.25) is 4.79 Å². The second-order valence-corrected chi connectivity index (χ2v) is 4.74. The van der Waals surface area contributed by atoms with E-state index in [0.717, 1.165) is 24.5 Å². The Morgan fingerprint density at radius 2 is 2.33 bits per heavy atom. The van der Waals surface area contributed by atoms with Crippen LogP contribution in [0.25, 0.3) is 0 Å². The summed E-state index contributed by atoms with van der Waals surface area (Å²) >= 11 is 0.